The number of nitrogens with one attached hydrogen (secondary N) is 1. The minimum absolute atomic E-state index is 0.0776. The van der Waals surface area contributed by atoms with Gasteiger partial charge in [-0.1, -0.05) is 54.6 Å². The van der Waals surface area contributed by atoms with Crippen LogP contribution in [-0.2, 0) is 0 Å². The molecule has 4 rings (SSSR count). The Hall–Kier alpha value is -2.65. The number of benzene rings is 2. The van der Waals surface area contributed by atoms with Crippen LogP contribution in [0.25, 0.3) is 10.9 Å². The van der Waals surface area contributed by atoms with Crippen LogP contribution in [0.4, 0.5) is 0 Å². The minimum atomic E-state index is 0.0776. The van der Waals surface area contributed by atoms with E-state index >= 15 is 0 Å². The largest absolute Gasteiger partial charge is 0.361 e. The lowest BCUT2D eigenvalue weighted by Gasteiger charge is -2.14. The Bertz CT molecular complexity index is 954. The molecule has 0 aliphatic heterocycles. The van der Waals surface area contributed by atoms with Crippen molar-refractivity contribution in [2.24, 2.45) is 0 Å². The third kappa shape index (κ3) is 2.79. The fourth-order valence-corrected chi connectivity index (χ4v) is 4.01. The van der Waals surface area contributed by atoms with Crippen molar-refractivity contribution in [3.8, 4) is 0 Å². The van der Waals surface area contributed by atoms with E-state index in [0.717, 1.165) is 11.1 Å². The predicted octanol–water partition coefficient (Wildman–Crippen LogP) is 5.63. The number of para-hydroxylation sites is 1. The SMILES string of the molecule is O=C(CC(c1cccs1)c1c[nH]c2ccccc12)c1ccccc1. The molecule has 2 nitrogen and oxygen atoms in total. The van der Waals surface area contributed by atoms with Crippen molar-refractivity contribution in [2.75, 3.05) is 0 Å². The van der Waals surface area contributed by atoms with Crippen molar-refractivity contribution >= 4 is 28.0 Å². The number of rotatable bonds is 5. The van der Waals surface area contributed by atoms with E-state index in [2.05, 4.69) is 34.6 Å². The number of thiophene rings is 1. The molecule has 0 radical (unpaired) electrons. The predicted molar refractivity (Wildman–Crippen MR) is 99.9 cm³/mol. The topological polar surface area (TPSA) is 32.9 Å². The molecule has 0 bridgehead atoms. The zero-order valence-corrected chi connectivity index (χ0v) is 13.9. The Labute approximate surface area is 144 Å². The summed E-state index contributed by atoms with van der Waals surface area (Å²) in [4.78, 5) is 17.3. The number of H-pyrrole nitrogens is 1. The summed E-state index contributed by atoms with van der Waals surface area (Å²) in [5.41, 5.74) is 3.08. The Morgan fingerprint density at radius 2 is 1.75 bits per heavy atom. The van der Waals surface area contributed by atoms with Crippen LogP contribution in [0.1, 0.15) is 33.1 Å². The van der Waals surface area contributed by atoms with Crippen molar-refractivity contribution < 1.29 is 4.79 Å². The zero-order chi connectivity index (χ0) is 16.4. The first-order valence-corrected chi connectivity index (χ1v) is 8.88. The average Bonchev–Trinajstić information content (AvgIpc) is 3.30. The van der Waals surface area contributed by atoms with E-state index in [9.17, 15) is 4.79 Å². The molecule has 3 heteroatoms. The molecule has 0 saturated heterocycles. The molecule has 2 aromatic heterocycles. The number of ketones is 1. The fourth-order valence-electron chi connectivity index (χ4n) is 3.16. The van der Waals surface area contributed by atoms with Gasteiger partial charge in [0.2, 0.25) is 0 Å². The van der Waals surface area contributed by atoms with Crippen molar-refractivity contribution in [3.05, 3.63) is 94.3 Å². The lowest BCUT2D eigenvalue weighted by atomic mass is 9.90. The molecule has 0 spiro atoms. The lowest BCUT2D eigenvalue weighted by Crippen LogP contribution is -2.07. The highest BCUT2D eigenvalue weighted by Crippen LogP contribution is 2.36. The van der Waals surface area contributed by atoms with Crippen LogP contribution in [-0.4, -0.2) is 10.8 Å². The molecule has 0 fully saturated rings. The Kier molecular flexibility index (Phi) is 4.01. The number of carbonyl (C=O) groups is 1. The summed E-state index contributed by atoms with van der Waals surface area (Å²) in [6, 6.07) is 22.0. The second-order valence-corrected chi connectivity index (χ2v) is 6.83. The molecule has 2 aromatic carbocycles. The highest BCUT2D eigenvalue weighted by Gasteiger charge is 2.22. The van der Waals surface area contributed by atoms with Gasteiger partial charge < -0.3 is 4.98 Å². The number of carbonyl (C=O) groups excluding carboxylic acids is 1. The van der Waals surface area contributed by atoms with Gasteiger partial charge in [-0.3, -0.25) is 4.79 Å². The van der Waals surface area contributed by atoms with Crippen LogP contribution >= 0.6 is 11.3 Å². The van der Waals surface area contributed by atoms with Crippen molar-refractivity contribution in [1.29, 1.82) is 0 Å². The number of fused-ring (bicyclic) bond motifs is 1. The van der Waals surface area contributed by atoms with Gasteiger partial charge in [0.05, 0.1) is 0 Å². The van der Waals surface area contributed by atoms with Gasteiger partial charge in [0, 0.05) is 39.9 Å². The fraction of sp³-hybridized carbons (Fsp3) is 0.0952. The molecular formula is C21H17NOS. The molecule has 1 unspecified atom stereocenters. The lowest BCUT2D eigenvalue weighted by molar-refractivity contribution is 0.0978. The minimum Gasteiger partial charge on any atom is -0.361 e. The maximum absolute atomic E-state index is 12.8. The molecule has 1 atom stereocenters. The van der Waals surface area contributed by atoms with Crippen LogP contribution in [0.15, 0.2) is 78.3 Å². The highest BCUT2D eigenvalue weighted by molar-refractivity contribution is 7.10. The van der Waals surface area contributed by atoms with E-state index in [0.29, 0.717) is 6.42 Å². The van der Waals surface area contributed by atoms with Crippen molar-refractivity contribution in [3.63, 3.8) is 0 Å². The van der Waals surface area contributed by atoms with Crippen LogP contribution < -0.4 is 0 Å². The summed E-state index contributed by atoms with van der Waals surface area (Å²) in [5.74, 6) is 0.258. The summed E-state index contributed by atoms with van der Waals surface area (Å²) < 4.78 is 0. The highest BCUT2D eigenvalue weighted by atomic mass is 32.1. The smallest absolute Gasteiger partial charge is 0.163 e. The summed E-state index contributed by atoms with van der Waals surface area (Å²) >= 11 is 1.71. The number of aromatic amines is 1. The Morgan fingerprint density at radius 1 is 0.958 bits per heavy atom. The summed E-state index contributed by atoms with van der Waals surface area (Å²) in [7, 11) is 0. The van der Waals surface area contributed by atoms with Gasteiger partial charge in [-0.25, -0.2) is 0 Å². The van der Waals surface area contributed by atoms with E-state index in [1.807, 2.05) is 48.7 Å². The van der Waals surface area contributed by atoms with Gasteiger partial charge in [0.1, 0.15) is 0 Å². The van der Waals surface area contributed by atoms with Gasteiger partial charge in [-0.15, -0.1) is 11.3 Å². The van der Waals surface area contributed by atoms with Crippen molar-refractivity contribution in [2.45, 2.75) is 12.3 Å². The maximum Gasteiger partial charge on any atom is 0.163 e. The normalized spacial score (nSPS) is 12.3. The Morgan fingerprint density at radius 3 is 2.54 bits per heavy atom. The zero-order valence-electron chi connectivity index (χ0n) is 13.1. The molecule has 1 N–H and O–H groups in total. The van der Waals surface area contributed by atoms with E-state index in [4.69, 9.17) is 0 Å². The van der Waals surface area contributed by atoms with E-state index in [1.54, 1.807) is 11.3 Å². The Balaban J connectivity index is 1.74. The molecule has 0 saturated carbocycles. The summed E-state index contributed by atoms with van der Waals surface area (Å²) in [6.45, 7) is 0. The molecule has 4 aromatic rings. The van der Waals surface area contributed by atoms with Crippen LogP contribution in [0.2, 0.25) is 0 Å². The van der Waals surface area contributed by atoms with E-state index in [-0.39, 0.29) is 11.7 Å². The number of hydrogen-bond donors (Lipinski definition) is 1. The molecular weight excluding hydrogens is 314 g/mol. The van der Waals surface area contributed by atoms with Gasteiger partial charge in [0.25, 0.3) is 0 Å². The first-order chi connectivity index (χ1) is 11.8. The molecule has 0 amide bonds. The summed E-state index contributed by atoms with van der Waals surface area (Å²) in [6.07, 6.45) is 2.53. The van der Waals surface area contributed by atoms with Gasteiger partial charge >= 0.3 is 0 Å². The number of Topliss-reactive ketones (excluding diaryl/α,β-unsaturated/α-hetero) is 1. The standard InChI is InChI=1S/C21H17NOS/c23-20(15-7-2-1-3-8-15)13-17(21-11-6-12-24-21)18-14-22-19-10-5-4-9-16(18)19/h1-12,14,17,22H,13H2. The maximum atomic E-state index is 12.8. The van der Waals surface area contributed by atoms with Gasteiger partial charge in [0.15, 0.2) is 5.78 Å². The van der Waals surface area contributed by atoms with E-state index < -0.39 is 0 Å². The van der Waals surface area contributed by atoms with Gasteiger partial charge in [-0.05, 0) is 23.1 Å². The van der Waals surface area contributed by atoms with Crippen LogP contribution in [0.3, 0.4) is 0 Å². The summed E-state index contributed by atoms with van der Waals surface area (Å²) in [5, 5.41) is 3.27. The molecule has 0 aliphatic carbocycles. The second kappa shape index (κ2) is 6.46. The second-order valence-electron chi connectivity index (χ2n) is 5.85. The average molecular weight is 331 g/mol. The first-order valence-electron chi connectivity index (χ1n) is 8.00. The third-order valence-corrected chi connectivity index (χ3v) is 5.35. The number of aromatic nitrogens is 1. The quantitative estimate of drug-likeness (QED) is 0.472. The van der Waals surface area contributed by atoms with E-state index in [1.165, 1.54) is 15.8 Å². The first kappa shape index (κ1) is 14.9. The molecule has 118 valence electrons. The molecule has 0 aliphatic rings. The van der Waals surface area contributed by atoms with Crippen LogP contribution in [0.5, 0.6) is 0 Å². The van der Waals surface area contributed by atoms with Gasteiger partial charge in [-0.2, -0.15) is 0 Å². The van der Waals surface area contributed by atoms with Crippen LogP contribution in [0, 0.1) is 0 Å². The van der Waals surface area contributed by atoms with Crippen molar-refractivity contribution in [1.82, 2.24) is 4.98 Å². The number of hydrogen-bond acceptors (Lipinski definition) is 2. The molecule has 2 heterocycles. The monoisotopic (exact) mass is 331 g/mol. The third-order valence-electron chi connectivity index (χ3n) is 4.37. The molecule has 24 heavy (non-hydrogen) atoms.